The van der Waals surface area contributed by atoms with E-state index in [4.69, 9.17) is 0 Å². The number of allylic oxidation sites excluding steroid dienone is 2. The van der Waals surface area contributed by atoms with Gasteiger partial charge in [-0.1, -0.05) is 18.7 Å². The maximum absolute atomic E-state index is 12.5. The van der Waals surface area contributed by atoms with E-state index in [2.05, 4.69) is 22.2 Å². The average molecular weight is 345 g/mol. The van der Waals surface area contributed by atoms with Gasteiger partial charge in [-0.05, 0) is 39.1 Å². The van der Waals surface area contributed by atoms with Crippen LogP contribution < -0.4 is 10.6 Å². The molecule has 6 heteroatoms. The minimum Gasteiger partial charge on any atom is -0.388 e. The van der Waals surface area contributed by atoms with Gasteiger partial charge in [0.15, 0.2) is 0 Å². The Labute approximate surface area is 146 Å². The number of rotatable bonds is 5. The molecule has 1 aromatic rings. The van der Waals surface area contributed by atoms with Gasteiger partial charge in [-0.15, -0.1) is 11.3 Å². The number of amides is 1. The van der Waals surface area contributed by atoms with Gasteiger partial charge in [0.2, 0.25) is 0 Å². The zero-order valence-electron chi connectivity index (χ0n) is 14.4. The van der Waals surface area contributed by atoms with Crippen molar-refractivity contribution in [1.82, 2.24) is 10.6 Å². The second-order valence-corrected chi connectivity index (χ2v) is 7.09. The fourth-order valence-corrected chi connectivity index (χ4v) is 2.76. The second-order valence-electron chi connectivity index (χ2n) is 6.14. The molecule has 0 spiro atoms. The Morgan fingerprint density at radius 1 is 1.54 bits per heavy atom. The zero-order valence-corrected chi connectivity index (χ0v) is 15.2. The molecule has 5 nitrogen and oxygen atoms in total. The van der Waals surface area contributed by atoms with E-state index in [1.54, 1.807) is 38.3 Å². The summed E-state index contributed by atoms with van der Waals surface area (Å²) in [4.78, 5) is 18.2. The van der Waals surface area contributed by atoms with E-state index in [1.807, 2.05) is 30.5 Å². The molecule has 0 aromatic carbocycles. The Bertz CT molecular complexity index is 722. The van der Waals surface area contributed by atoms with Gasteiger partial charge >= 0.3 is 0 Å². The van der Waals surface area contributed by atoms with Crippen LogP contribution in [0.1, 0.15) is 32.6 Å². The predicted octanol–water partition coefficient (Wildman–Crippen LogP) is 2.83. The fourth-order valence-electron chi connectivity index (χ4n) is 2.02. The van der Waals surface area contributed by atoms with E-state index in [9.17, 15) is 9.90 Å². The Kier molecular flexibility index (Phi) is 5.41. The normalized spacial score (nSPS) is 18.4. The molecule has 0 bridgehead atoms. The molecule has 1 atom stereocenters. The van der Waals surface area contributed by atoms with Crippen LogP contribution in [0, 0.1) is 0 Å². The lowest BCUT2D eigenvalue weighted by molar-refractivity contribution is -0.119. The first-order valence-electron chi connectivity index (χ1n) is 7.72. The van der Waals surface area contributed by atoms with E-state index < -0.39 is 11.6 Å². The van der Waals surface area contributed by atoms with Crippen molar-refractivity contribution in [2.24, 2.45) is 4.99 Å². The molecule has 0 aliphatic carbocycles. The lowest BCUT2D eigenvalue weighted by Crippen LogP contribution is -2.48. The molecule has 2 rings (SSSR count). The molecule has 0 saturated carbocycles. The summed E-state index contributed by atoms with van der Waals surface area (Å²) in [6, 6.07) is 3.54. The molecule has 0 radical (unpaired) electrons. The molecule has 24 heavy (non-hydrogen) atoms. The summed E-state index contributed by atoms with van der Waals surface area (Å²) in [7, 11) is 0. The third kappa shape index (κ3) is 4.01. The van der Waals surface area contributed by atoms with Gasteiger partial charge in [0.05, 0.1) is 33.5 Å². The molecular weight excluding hydrogens is 322 g/mol. The van der Waals surface area contributed by atoms with Crippen LogP contribution in [0.25, 0.3) is 5.70 Å². The third-order valence-electron chi connectivity index (χ3n) is 3.86. The first kappa shape index (κ1) is 18.2. The monoisotopic (exact) mass is 345 g/mol. The standard InChI is InChI=1S/C18H23N3O2S/c1-6-14(15-8-7-9-24-15)21-16-11(2)19-10-13(16)17(22)20-12(3)18(4,5)23/h6-10,12,19,23H,2H2,1,3-5H3,(H,20,22)/b14-6-,21-16+/t12-/m0/s1. The van der Waals surface area contributed by atoms with Crippen LogP contribution in [-0.2, 0) is 4.79 Å². The average Bonchev–Trinajstić information content (AvgIpc) is 3.14. The minimum atomic E-state index is -1.01. The smallest absolute Gasteiger partial charge is 0.255 e. The van der Waals surface area contributed by atoms with Gasteiger partial charge in [0.1, 0.15) is 5.71 Å². The van der Waals surface area contributed by atoms with Crippen LogP contribution in [0.5, 0.6) is 0 Å². The molecular formula is C18H23N3O2S. The van der Waals surface area contributed by atoms with Crippen LogP contribution in [0.4, 0.5) is 0 Å². The first-order chi connectivity index (χ1) is 11.2. The number of nitrogens with one attached hydrogen (secondary N) is 2. The largest absolute Gasteiger partial charge is 0.388 e. The van der Waals surface area contributed by atoms with Crippen molar-refractivity contribution >= 4 is 28.7 Å². The van der Waals surface area contributed by atoms with Gasteiger partial charge in [-0.2, -0.15) is 0 Å². The summed E-state index contributed by atoms with van der Waals surface area (Å²) >= 11 is 1.59. The number of carbonyl (C=O) groups excluding carboxylic acids is 1. The number of nitrogens with zero attached hydrogens (tertiary/aromatic N) is 1. The van der Waals surface area contributed by atoms with Crippen molar-refractivity contribution in [3.8, 4) is 0 Å². The van der Waals surface area contributed by atoms with E-state index >= 15 is 0 Å². The summed E-state index contributed by atoms with van der Waals surface area (Å²) in [5, 5.41) is 17.7. The van der Waals surface area contributed by atoms with E-state index in [0.29, 0.717) is 17.0 Å². The summed E-state index contributed by atoms with van der Waals surface area (Å²) in [6.07, 6.45) is 3.49. The van der Waals surface area contributed by atoms with Gasteiger partial charge in [-0.25, -0.2) is 4.99 Å². The van der Waals surface area contributed by atoms with Crippen molar-refractivity contribution in [2.45, 2.75) is 39.3 Å². The summed E-state index contributed by atoms with van der Waals surface area (Å²) < 4.78 is 0. The molecule has 1 aromatic heterocycles. The lowest BCUT2D eigenvalue weighted by atomic mass is 10.00. The third-order valence-corrected chi connectivity index (χ3v) is 4.76. The van der Waals surface area contributed by atoms with E-state index in [0.717, 1.165) is 10.6 Å². The Balaban J connectivity index is 2.26. The number of aliphatic hydroxyl groups is 1. The van der Waals surface area contributed by atoms with Crippen LogP contribution in [-0.4, -0.2) is 28.4 Å². The lowest BCUT2D eigenvalue weighted by Gasteiger charge is -2.26. The molecule has 0 fully saturated rings. The number of hydrogen-bond acceptors (Lipinski definition) is 5. The maximum atomic E-state index is 12.5. The molecule has 0 saturated heterocycles. The van der Waals surface area contributed by atoms with Crippen LogP contribution >= 0.6 is 11.3 Å². The molecule has 128 valence electrons. The van der Waals surface area contributed by atoms with Gasteiger partial charge in [0, 0.05) is 6.20 Å². The van der Waals surface area contributed by atoms with Gasteiger partial charge in [0.25, 0.3) is 5.91 Å². The Morgan fingerprint density at radius 2 is 2.25 bits per heavy atom. The fraction of sp³-hybridized carbons (Fsp3) is 0.333. The highest BCUT2D eigenvalue weighted by Gasteiger charge is 2.29. The summed E-state index contributed by atoms with van der Waals surface area (Å²) in [6.45, 7) is 10.9. The molecule has 0 unspecified atom stereocenters. The van der Waals surface area contributed by atoms with E-state index in [-0.39, 0.29) is 5.91 Å². The predicted molar refractivity (Wildman–Crippen MR) is 99.7 cm³/mol. The number of aliphatic imine (C=N–C) groups is 1. The van der Waals surface area contributed by atoms with E-state index in [1.165, 1.54) is 0 Å². The van der Waals surface area contributed by atoms with Gasteiger partial charge < -0.3 is 15.7 Å². The van der Waals surface area contributed by atoms with Crippen LogP contribution in [0.3, 0.4) is 0 Å². The van der Waals surface area contributed by atoms with Crippen molar-refractivity contribution in [3.05, 3.63) is 52.5 Å². The van der Waals surface area contributed by atoms with Crippen molar-refractivity contribution < 1.29 is 9.90 Å². The zero-order chi connectivity index (χ0) is 17.9. The first-order valence-corrected chi connectivity index (χ1v) is 8.60. The highest BCUT2D eigenvalue weighted by atomic mass is 32.1. The SMILES string of the molecule is C=C1NC=C(C(=O)N[C@@H](C)C(C)(C)O)/C1=N/C(=C\C)c1cccs1. The highest BCUT2D eigenvalue weighted by molar-refractivity contribution is 7.11. The second kappa shape index (κ2) is 7.15. The Morgan fingerprint density at radius 3 is 2.79 bits per heavy atom. The Hall–Kier alpha value is -2.18. The molecule has 3 N–H and O–H groups in total. The molecule has 1 aliphatic rings. The van der Waals surface area contributed by atoms with Crippen LogP contribution in [0.2, 0.25) is 0 Å². The number of hydrogen-bond donors (Lipinski definition) is 3. The van der Waals surface area contributed by atoms with Crippen molar-refractivity contribution in [2.75, 3.05) is 0 Å². The van der Waals surface area contributed by atoms with Crippen molar-refractivity contribution in [3.63, 3.8) is 0 Å². The van der Waals surface area contributed by atoms with Crippen molar-refractivity contribution in [1.29, 1.82) is 0 Å². The molecule has 1 amide bonds. The topological polar surface area (TPSA) is 73.7 Å². The molecule has 2 heterocycles. The van der Waals surface area contributed by atoms with Gasteiger partial charge in [-0.3, -0.25) is 4.79 Å². The molecule has 1 aliphatic heterocycles. The summed E-state index contributed by atoms with van der Waals surface area (Å²) in [5.41, 5.74) is 1.28. The van der Waals surface area contributed by atoms with Crippen LogP contribution in [0.15, 0.2) is 52.6 Å². The maximum Gasteiger partial charge on any atom is 0.255 e. The summed E-state index contributed by atoms with van der Waals surface area (Å²) in [5.74, 6) is -0.295. The number of thiophene rings is 1. The minimum absolute atomic E-state index is 0.295. The quantitative estimate of drug-likeness (QED) is 0.768. The number of carbonyl (C=O) groups is 1. The highest BCUT2D eigenvalue weighted by Crippen LogP contribution is 2.24.